The number of hydrogen-bond acceptors (Lipinski definition) is 7. The summed E-state index contributed by atoms with van der Waals surface area (Å²) in [5.74, 6) is -1.65. The van der Waals surface area contributed by atoms with Crippen LogP contribution in [-0.4, -0.2) is 85.2 Å². The van der Waals surface area contributed by atoms with E-state index in [4.69, 9.17) is 20.6 Å². The number of nitrogens with two attached hydrogens (primary N) is 1. The zero-order chi connectivity index (χ0) is 24.9. The summed E-state index contributed by atoms with van der Waals surface area (Å²) in [6.45, 7) is 2.29. The van der Waals surface area contributed by atoms with Crippen LogP contribution in [0.2, 0.25) is 0 Å². The monoisotopic (exact) mass is 481 g/mol. The first-order valence-corrected chi connectivity index (χ1v) is 11.2. The number of amides is 3. The van der Waals surface area contributed by atoms with Gasteiger partial charge in [0.1, 0.15) is 5.84 Å². The van der Waals surface area contributed by atoms with Crippen LogP contribution < -0.4 is 16.0 Å². The van der Waals surface area contributed by atoms with Gasteiger partial charge in [0.25, 0.3) is 17.7 Å². The van der Waals surface area contributed by atoms with Crippen molar-refractivity contribution < 1.29 is 29.0 Å². The standard InChI is InChI=1S/C24H27N5O6/c25-21(26)15-4-6-17(7-5-15)27-22(31)19(30)20-24(33)29(10-13-35-20)18-3-1-2-16(14-18)23(32)28-8-11-34-12-9-28/h1-7,14,19-20,30H,8-13H2,(H3,25,26)(H,27,31)/t19?,20-/m1/s1. The van der Waals surface area contributed by atoms with E-state index in [1.807, 2.05) is 0 Å². The fourth-order valence-corrected chi connectivity index (χ4v) is 3.93. The molecule has 0 bridgehead atoms. The number of nitrogen functional groups attached to an aromatic ring is 1. The number of aliphatic hydroxyl groups excluding tert-OH is 1. The van der Waals surface area contributed by atoms with Crippen LogP contribution in [0, 0.1) is 5.41 Å². The molecule has 184 valence electrons. The van der Waals surface area contributed by atoms with Crippen molar-refractivity contribution in [2.45, 2.75) is 12.2 Å². The third-order valence-electron chi connectivity index (χ3n) is 5.84. The predicted molar refractivity (Wildman–Crippen MR) is 127 cm³/mol. The van der Waals surface area contributed by atoms with E-state index in [0.717, 1.165) is 0 Å². The highest BCUT2D eigenvalue weighted by atomic mass is 16.5. The first kappa shape index (κ1) is 24.3. The Labute approximate surface area is 201 Å². The summed E-state index contributed by atoms with van der Waals surface area (Å²) in [6, 6.07) is 12.9. The molecule has 2 saturated heterocycles. The molecule has 2 aliphatic rings. The fraction of sp³-hybridized carbons (Fsp3) is 0.333. The van der Waals surface area contributed by atoms with Gasteiger partial charge >= 0.3 is 0 Å². The van der Waals surface area contributed by atoms with Gasteiger partial charge in [-0.25, -0.2) is 0 Å². The van der Waals surface area contributed by atoms with Crippen LogP contribution in [-0.2, 0) is 19.1 Å². The largest absolute Gasteiger partial charge is 0.384 e. The van der Waals surface area contributed by atoms with Crippen molar-refractivity contribution in [3.8, 4) is 0 Å². The van der Waals surface area contributed by atoms with E-state index < -0.39 is 24.0 Å². The zero-order valence-electron chi connectivity index (χ0n) is 19.0. The van der Waals surface area contributed by atoms with Crippen molar-refractivity contribution in [3.63, 3.8) is 0 Å². The lowest BCUT2D eigenvalue weighted by atomic mass is 10.1. The summed E-state index contributed by atoms with van der Waals surface area (Å²) in [5, 5.41) is 20.5. The Kier molecular flexibility index (Phi) is 7.39. The van der Waals surface area contributed by atoms with Gasteiger partial charge in [-0.05, 0) is 42.5 Å². The highest BCUT2D eigenvalue weighted by Gasteiger charge is 2.39. The number of carbonyl (C=O) groups excluding carboxylic acids is 3. The van der Waals surface area contributed by atoms with Crippen molar-refractivity contribution in [3.05, 3.63) is 59.7 Å². The molecule has 2 heterocycles. The van der Waals surface area contributed by atoms with Gasteiger partial charge in [0.15, 0.2) is 12.2 Å². The van der Waals surface area contributed by atoms with Crippen LogP contribution in [0.4, 0.5) is 11.4 Å². The second-order valence-corrected chi connectivity index (χ2v) is 8.16. The highest BCUT2D eigenvalue weighted by Crippen LogP contribution is 2.23. The summed E-state index contributed by atoms with van der Waals surface area (Å²) < 4.78 is 10.7. The predicted octanol–water partition coefficient (Wildman–Crippen LogP) is 0.174. The molecule has 0 spiro atoms. The van der Waals surface area contributed by atoms with Crippen LogP contribution >= 0.6 is 0 Å². The molecule has 2 aromatic rings. The fourth-order valence-electron chi connectivity index (χ4n) is 3.93. The molecule has 2 atom stereocenters. The first-order chi connectivity index (χ1) is 16.8. The molecular formula is C24H27N5O6. The minimum atomic E-state index is -1.75. The van der Waals surface area contributed by atoms with E-state index in [1.165, 1.54) is 17.0 Å². The molecule has 0 saturated carbocycles. The molecule has 4 rings (SSSR count). The normalized spacial score (nSPS) is 19.2. The molecule has 35 heavy (non-hydrogen) atoms. The Morgan fingerprint density at radius 1 is 1.06 bits per heavy atom. The maximum absolute atomic E-state index is 13.1. The van der Waals surface area contributed by atoms with Crippen molar-refractivity contribution >= 4 is 34.9 Å². The lowest BCUT2D eigenvalue weighted by Gasteiger charge is -2.34. The van der Waals surface area contributed by atoms with Gasteiger partial charge < -0.3 is 35.4 Å². The lowest BCUT2D eigenvalue weighted by molar-refractivity contribution is -0.150. The molecular weight excluding hydrogens is 454 g/mol. The van der Waals surface area contributed by atoms with Crippen LogP contribution in [0.3, 0.4) is 0 Å². The van der Waals surface area contributed by atoms with Gasteiger partial charge in [-0.2, -0.15) is 0 Å². The number of amidine groups is 1. The average molecular weight is 482 g/mol. The second kappa shape index (κ2) is 10.6. The van der Waals surface area contributed by atoms with E-state index in [-0.39, 0.29) is 24.9 Å². The van der Waals surface area contributed by atoms with Gasteiger partial charge in [0, 0.05) is 42.1 Å². The molecule has 0 radical (unpaired) electrons. The molecule has 2 aromatic carbocycles. The Hall–Kier alpha value is -3.80. The van der Waals surface area contributed by atoms with Crippen molar-refractivity contribution in [2.75, 3.05) is 49.7 Å². The highest BCUT2D eigenvalue weighted by molar-refractivity contribution is 6.05. The van der Waals surface area contributed by atoms with Crippen molar-refractivity contribution in [1.82, 2.24) is 4.90 Å². The minimum Gasteiger partial charge on any atom is -0.384 e. The van der Waals surface area contributed by atoms with Gasteiger partial charge in [0.2, 0.25) is 0 Å². The summed E-state index contributed by atoms with van der Waals surface area (Å²) in [7, 11) is 0. The number of carbonyl (C=O) groups is 3. The second-order valence-electron chi connectivity index (χ2n) is 8.16. The average Bonchev–Trinajstić information content (AvgIpc) is 2.89. The third-order valence-corrected chi connectivity index (χ3v) is 5.84. The van der Waals surface area contributed by atoms with Crippen molar-refractivity contribution in [2.24, 2.45) is 5.73 Å². The van der Waals surface area contributed by atoms with Crippen molar-refractivity contribution in [1.29, 1.82) is 5.41 Å². The summed E-state index contributed by atoms with van der Waals surface area (Å²) in [4.78, 5) is 41.7. The Balaban J connectivity index is 1.44. The number of ether oxygens (including phenoxy) is 2. The van der Waals surface area contributed by atoms with Crippen LogP contribution in [0.15, 0.2) is 48.5 Å². The number of benzene rings is 2. The summed E-state index contributed by atoms with van der Waals surface area (Å²) in [5.41, 5.74) is 7.20. The Morgan fingerprint density at radius 3 is 2.46 bits per heavy atom. The number of aliphatic hydroxyl groups is 1. The number of anilines is 2. The maximum Gasteiger partial charge on any atom is 0.259 e. The molecule has 11 nitrogen and oxygen atoms in total. The first-order valence-electron chi connectivity index (χ1n) is 11.2. The van der Waals surface area contributed by atoms with Crippen LogP contribution in [0.5, 0.6) is 0 Å². The number of hydrogen-bond donors (Lipinski definition) is 4. The SMILES string of the molecule is N=C(N)c1ccc(NC(=O)C(O)[C@H]2OCCN(c3cccc(C(=O)N4CCOCC4)c3)C2=O)cc1. The maximum atomic E-state index is 13.1. The van der Waals surface area contributed by atoms with Gasteiger partial charge in [-0.3, -0.25) is 19.8 Å². The zero-order valence-corrected chi connectivity index (χ0v) is 19.0. The number of morpholine rings is 2. The summed E-state index contributed by atoms with van der Waals surface area (Å²) in [6.07, 6.45) is -3.16. The molecule has 0 aliphatic carbocycles. The molecule has 2 fully saturated rings. The smallest absolute Gasteiger partial charge is 0.259 e. The van der Waals surface area contributed by atoms with Gasteiger partial charge in [-0.1, -0.05) is 6.07 Å². The number of nitrogens with zero attached hydrogens (tertiary/aromatic N) is 2. The van der Waals surface area contributed by atoms with E-state index in [1.54, 1.807) is 41.3 Å². The Morgan fingerprint density at radius 2 is 1.77 bits per heavy atom. The number of rotatable bonds is 6. The van der Waals surface area contributed by atoms with E-state index >= 15 is 0 Å². The molecule has 3 amide bonds. The third kappa shape index (κ3) is 5.48. The summed E-state index contributed by atoms with van der Waals surface area (Å²) >= 11 is 0. The molecule has 2 aliphatic heterocycles. The Bertz CT molecular complexity index is 1120. The minimum absolute atomic E-state index is 0.107. The van der Waals surface area contributed by atoms with E-state index in [2.05, 4.69) is 5.32 Å². The van der Waals surface area contributed by atoms with Gasteiger partial charge in [-0.15, -0.1) is 0 Å². The van der Waals surface area contributed by atoms with Gasteiger partial charge in [0.05, 0.1) is 19.8 Å². The van der Waals surface area contributed by atoms with Crippen LogP contribution in [0.25, 0.3) is 0 Å². The lowest BCUT2D eigenvalue weighted by Crippen LogP contribution is -2.55. The molecule has 11 heteroatoms. The molecule has 1 unspecified atom stereocenters. The molecule has 5 N–H and O–H groups in total. The van der Waals surface area contributed by atoms with E-state index in [0.29, 0.717) is 48.8 Å². The quantitative estimate of drug-likeness (QED) is 0.338. The number of nitrogens with one attached hydrogen (secondary N) is 2. The topological polar surface area (TPSA) is 158 Å². The molecule has 0 aromatic heterocycles. The van der Waals surface area contributed by atoms with E-state index in [9.17, 15) is 19.5 Å². The van der Waals surface area contributed by atoms with Crippen LogP contribution in [0.1, 0.15) is 15.9 Å².